The zero-order chi connectivity index (χ0) is 23.7. The van der Waals surface area contributed by atoms with Crippen molar-refractivity contribution in [2.24, 2.45) is 0 Å². The first-order chi connectivity index (χ1) is 16.4. The van der Waals surface area contributed by atoms with Gasteiger partial charge in [-0.2, -0.15) is 4.31 Å². The molecular weight excluding hydrogens is 450 g/mol. The van der Waals surface area contributed by atoms with E-state index in [4.69, 9.17) is 4.98 Å². The van der Waals surface area contributed by atoms with Crippen LogP contribution < -0.4 is 0 Å². The number of fused-ring (bicyclic) bond motifs is 1. The lowest BCUT2D eigenvalue weighted by Crippen LogP contribution is -2.52. The molecule has 3 heterocycles. The van der Waals surface area contributed by atoms with Crippen LogP contribution in [0.2, 0.25) is 0 Å². The van der Waals surface area contributed by atoms with Crippen molar-refractivity contribution >= 4 is 27.0 Å². The Morgan fingerprint density at radius 1 is 0.971 bits per heavy atom. The van der Waals surface area contributed by atoms with Crippen molar-refractivity contribution in [2.45, 2.75) is 30.6 Å². The molecule has 2 saturated heterocycles. The average molecular weight is 482 g/mol. The van der Waals surface area contributed by atoms with Gasteiger partial charge >= 0.3 is 0 Å². The number of piperidine rings is 1. The van der Waals surface area contributed by atoms with Gasteiger partial charge in [-0.25, -0.2) is 13.4 Å². The first kappa shape index (κ1) is 23.0. The van der Waals surface area contributed by atoms with E-state index in [9.17, 15) is 13.2 Å². The number of hydrogen-bond acceptors (Lipinski definition) is 5. The fraction of sp³-hybridized carbons (Fsp3) is 0.440. The first-order valence-corrected chi connectivity index (χ1v) is 13.4. The van der Waals surface area contributed by atoms with Gasteiger partial charge in [0, 0.05) is 45.2 Å². The second-order valence-corrected chi connectivity index (χ2v) is 11.2. The van der Waals surface area contributed by atoms with Gasteiger partial charge in [0.25, 0.3) is 0 Å². The molecule has 8 nitrogen and oxygen atoms in total. The van der Waals surface area contributed by atoms with Gasteiger partial charge in [-0.3, -0.25) is 9.69 Å². The lowest BCUT2D eigenvalue weighted by atomic mass is 9.96. The number of piperazine rings is 1. The maximum absolute atomic E-state index is 12.9. The van der Waals surface area contributed by atoms with E-state index in [1.54, 1.807) is 12.1 Å². The SMILES string of the molecule is Cc1ccc(S(=O)(=O)N2CCN(CC(=O)N3CCC(c4nc5ccccc5[nH]4)CC3)CC2)cc1. The molecule has 0 atom stereocenters. The Morgan fingerprint density at radius 3 is 2.32 bits per heavy atom. The monoisotopic (exact) mass is 481 g/mol. The molecule has 1 aromatic heterocycles. The van der Waals surface area contributed by atoms with Crippen molar-refractivity contribution in [3.8, 4) is 0 Å². The number of nitrogens with zero attached hydrogens (tertiary/aromatic N) is 4. The molecule has 0 unspecified atom stereocenters. The number of nitrogens with one attached hydrogen (secondary N) is 1. The largest absolute Gasteiger partial charge is 0.342 e. The van der Waals surface area contributed by atoms with E-state index in [1.165, 1.54) is 4.31 Å². The number of sulfonamides is 1. The highest BCUT2D eigenvalue weighted by Crippen LogP contribution is 2.28. The maximum Gasteiger partial charge on any atom is 0.243 e. The number of aromatic nitrogens is 2. The second kappa shape index (κ2) is 9.48. The normalized spacial score (nSPS) is 19.0. The third-order valence-electron chi connectivity index (χ3n) is 6.99. The molecule has 0 spiro atoms. The van der Waals surface area contributed by atoms with Crippen molar-refractivity contribution in [1.82, 2.24) is 24.1 Å². The van der Waals surface area contributed by atoms with Crippen LogP contribution in [0.3, 0.4) is 0 Å². The molecule has 1 amide bonds. The van der Waals surface area contributed by atoms with Gasteiger partial charge in [0.2, 0.25) is 15.9 Å². The molecule has 0 aliphatic carbocycles. The number of hydrogen-bond donors (Lipinski definition) is 1. The van der Waals surface area contributed by atoms with Crippen molar-refractivity contribution < 1.29 is 13.2 Å². The lowest BCUT2D eigenvalue weighted by Gasteiger charge is -2.36. The van der Waals surface area contributed by atoms with Gasteiger partial charge < -0.3 is 9.88 Å². The van der Waals surface area contributed by atoms with E-state index in [1.807, 2.05) is 48.2 Å². The van der Waals surface area contributed by atoms with Crippen LogP contribution in [-0.4, -0.2) is 84.2 Å². The molecule has 180 valence electrons. The van der Waals surface area contributed by atoms with Crippen molar-refractivity contribution in [1.29, 1.82) is 0 Å². The number of amides is 1. The maximum atomic E-state index is 12.9. The number of aromatic amines is 1. The fourth-order valence-electron chi connectivity index (χ4n) is 4.85. The van der Waals surface area contributed by atoms with Gasteiger partial charge in [-0.1, -0.05) is 29.8 Å². The van der Waals surface area contributed by atoms with Crippen LogP contribution in [0, 0.1) is 6.92 Å². The Bertz CT molecular complexity index is 1220. The van der Waals surface area contributed by atoms with E-state index in [-0.39, 0.29) is 5.91 Å². The Labute approximate surface area is 200 Å². The molecule has 5 rings (SSSR count). The minimum atomic E-state index is -3.49. The Balaban J connectivity index is 1.11. The van der Waals surface area contributed by atoms with Crippen molar-refractivity contribution in [2.75, 3.05) is 45.8 Å². The first-order valence-electron chi connectivity index (χ1n) is 11.9. The van der Waals surface area contributed by atoms with Crippen molar-refractivity contribution in [3.63, 3.8) is 0 Å². The Morgan fingerprint density at radius 2 is 1.65 bits per heavy atom. The second-order valence-electron chi connectivity index (χ2n) is 9.29. The topological polar surface area (TPSA) is 89.6 Å². The fourth-order valence-corrected chi connectivity index (χ4v) is 6.27. The summed E-state index contributed by atoms with van der Waals surface area (Å²) in [7, 11) is -3.49. The van der Waals surface area contributed by atoms with Gasteiger partial charge in [-0.15, -0.1) is 0 Å². The van der Waals surface area contributed by atoms with E-state index < -0.39 is 10.0 Å². The van der Waals surface area contributed by atoms with Crippen LogP contribution in [0.4, 0.5) is 0 Å². The van der Waals surface area contributed by atoms with E-state index in [0.29, 0.717) is 43.5 Å². The number of benzene rings is 2. The summed E-state index contributed by atoms with van der Waals surface area (Å²) >= 11 is 0. The molecule has 2 aliphatic rings. The van der Waals surface area contributed by atoms with Crippen LogP contribution in [-0.2, 0) is 14.8 Å². The van der Waals surface area contributed by atoms with Crippen LogP contribution in [0.25, 0.3) is 11.0 Å². The summed E-state index contributed by atoms with van der Waals surface area (Å²) in [6.07, 6.45) is 1.79. The van der Waals surface area contributed by atoms with Gasteiger partial charge in [0.05, 0.1) is 22.5 Å². The number of para-hydroxylation sites is 2. The molecule has 34 heavy (non-hydrogen) atoms. The highest BCUT2D eigenvalue weighted by atomic mass is 32.2. The smallest absolute Gasteiger partial charge is 0.243 e. The van der Waals surface area contributed by atoms with E-state index in [2.05, 4.69) is 9.88 Å². The van der Waals surface area contributed by atoms with E-state index in [0.717, 1.165) is 48.4 Å². The summed E-state index contributed by atoms with van der Waals surface area (Å²) < 4.78 is 27.3. The predicted octanol–water partition coefficient (Wildman–Crippen LogP) is 2.58. The average Bonchev–Trinajstić information content (AvgIpc) is 3.29. The number of aryl methyl sites for hydroxylation is 1. The van der Waals surface area contributed by atoms with Gasteiger partial charge in [0.1, 0.15) is 5.82 Å². The summed E-state index contributed by atoms with van der Waals surface area (Å²) in [5, 5.41) is 0. The summed E-state index contributed by atoms with van der Waals surface area (Å²) in [5.41, 5.74) is 3.07. The molecule has 1 N–H and O–H groups in total. The summed E-state index contributed by atoms with van der Waals surface area (Å²) in [6, 6.07) is 15.0. The van der Waals surface area contributed by atoms with Crippen molar-refractivity contribution in [3.05, 3.63) is 59.9 Å². The zero-order valence-electron chi connectivity index (χ0n) is 19.5. The minimum Gasteiger partial charge on any atom is -0.342 e. The Hall–Kier alpha value is -2.75. The molecular formula is C25H31N5O3S. The van der Waals surface area contributed by atoms with Crippen LogP contribution >= 0.6 is 0 Å². The lowest BCUT2D eigenvalue weighted by molar-refractivity contribution is -0.133. The van der Waals surface area contributed by atoms with Gasteiger partial charge in [0.15, 0.2) is 0 Å². The van der Waals surface area contributed by atoms with Crippen LogP contribution in [0.5, 0.6) is 0 Å². The molecule has 2 fully saturated rings. The number of carbonyl (C=O) groups excluding carboxylic acids is 1. The minimum absolute atomic E-state index is 0.123. The number of H-pyrrole nitrogens is 1. The third-order valence-corrected chi connectivity index (χ3v) is 8.90. The highest BCUT2D eigenvalue weighted by Gasteiger charge is 2.31. The summed E-state index contributed by atoms with van der Waals surface area (Å²) in [6.45, 7) is 5.65. The summed E-state index contributed by atoms with van der Waals surface area (Å²) in [4.78, 5) is 25.4. The predicted molar refractivity (Wildman–Crippen MR) is 131 cm³/mol. The van der Waals surface area contributed by atoms with Crippen LogP contribution in [0.1, 0.15) is 30.1 Å². The highest BCUT2D eigenvalue weighted by molar-refractivity contribution is 7.89. The molecule has 3 aromatic rings. The standard InChI is InChI=1S/C25H31N5O3S/c1-19-6-8-21(9-7-19)34(32,33)30-16-14-28(15-17-30)18-24(31)29-12-10-20(11-13-29)25-26-22-4-2-3-5-23(22)27-25/h2-9,20H,10-18H2,1H3,(H,26,27). The third kappa shape index (κ3) is 4.73. The van der Waals surface area contributed by atoms with Gasteiger partial charge in [-0.05, 0) is 44.0 Å². The molecule has 0 radical (unpaired) electrons. The molecule has 0 saturated carbocycles. The molecule has 9 heteroatoms. The Kier molecular flexibility index (Phi) is 6.42. The number of rotatable bonds is 5. The molecule has 0 bridgehead atoms. The number of imidazole rings is 1. The van der Waals surface area contributed by atoms with Crippen LogP contribution in [0.15, 0.2) is 53.4 Å². The molecule has 2 aliphatic heterocycles. The number of likely N-dealkylation sites (tertiary alicyclic amines) is 1. The molecule has 2 aromatic carbocycles. The zero-order valence-corrected chi connectivity index (χ0v) is 20.3. The quantitative estimate of drug-likeness (QED) is 0.605. The number of carbonyl (C=O) groups is 1. The van der Waals surface area contributed by atoms with E-state index >= 15 is 0 Å². The summed E-state index contributed by atoms with van der Waals surface area (Å²) in [5.74, 6) is 1.48.